The molecule has 0 fully saturated rings. The number of benzene rings is 2. The van der Waals surface area contributed by atoms with Crippen molar-refractivity contribution in [3.8, 4) is 11.1 Å². The molecule has 4 heteroatoms. The van der Waals surface area contributed by atoms with Crippen molar-refractivity contribution in [1.29, 1.82) is 0 Å². The molecule has 0 radical (unpaired) electrons. The van der Waals surface area contributed by atoms with Gasteiger partial charge in [-0.3, -0.25) is 0 Å². The first-order chi connectivity index (χ1) is 9.56. The molecule has 0 atom stereocenters. The SMILES string of the molecule is Cc1c(-c2ccc(Cl)cc2)c(=O)oc2ccc(Br)cc12. The number of hydrogen-bond acceptors (Lipinski definition) is 2. The maximum atomic E-state index is 12.2. The van der Waals surface area contributed by atoms with Crippen LogP contribution in [0.2, 0.25) is 5.02 Å². The molecule has 0 unspecified atom stereocenters. The lowest BCUT2D eigenvalue weighted by atomic mass is 10.00. The lowest BCUT2D eigenvalue weighted by Crippen LogP contribution is -2.05. The molecule has 0 aliphatic rings. The standard InChI is InChI=1S/C16H10BrClO2/c1-9-13-8-11(17)4-7-14(13)20-16(19)15(9)10-2-5-12(18)6-3-10/h2-8H,1H3. The molecule has 100 valence electrons. The normalized spacial score (nSPS) is 10.9. The van der Waals surface area contributed by atoms with E-state index in [1.54, 1.807) is 18.2 Å². The molecule has 1 heterocycles. The largest absolute Gasteiger partial charge is 0.422 e. The fourth-order valence-corrected chi connectivity index (χ4v) is 2.76. The first-order valence-electron chi connectivity index (χ1n) is 6.05. The predicted molar refractivity (Wildman–Crippen MR) is 85.4 cm³/mol. The van der Waals surface area contributed by atoms with Crippen LogP contribution in [0.4, 0.5) is 0 Å². The summed E-state index contributed by atoms with van der Waals surface area (Å²) in [6, 6.07) is 12.8. The number of halogens is 2. The van der Waals surface area contributed by atoms with Crippen molar-refractivity contribution < 1.29 is 4.42 Å². The summed E-state index contributed by atoms with van der Waals surface area (Å²) < 4.78 is 6.35. The minimum Gasteiger partial charge on any atom is -0.422 e. The number of rotatable bonds is 1. The van der Waals surface area contributed by atoms with E-state index in [1.165, 1.54) is 0 Å². The zero-order valence-corrected chi connectivity index (χ0v) is 13.0. The second kappa shape index (κ2) is 5.08. The van der Waals surface area contributed by atoms with Gasteiger partial charge in [-0.05, 0) is 48.4 Å². The van der Waals surface area contributed by atoms with E-state index in [9.17, 15) is 4.79 Å². The second-order valence-corrected chi connectivity index (χ2v) is 5.89. The topological polar surface area (TPSA) is 30.2 Å². The van der Waals surface area contributed by atoms with E-state index in [1.807, 2.05) is 31.2 Å². The first-order valence-corrected chi connectivity index (χ1v) is 7.22. The van der Waals surface area contributed by atoms with Gasteiger partial charge in [0.05, 0.1) is 5.56 Å². The van der Waals surface area contributed by atoms with Crippen molar-refractivity contribution in [1.82, 2.24) is 0 Å². The number of aryl methyl sites for hydroxylation is 1. The highest BCUT2D eigenvalue weighted by atomic mass is 79.9. The fourth-order valence-electron chi connectivity index (χ4n) is 2.27. The Balaban J connectivity index is 2.35. The molecule has 0 amide bonds. The van der Waals surface area contributed by atoms with E-state index in [0.29, 0.717) is 16.2 Å². The van der Waals surface area contributed by atoms with Crippen LogP contribution in [0, 0.1) is 6.92 Å². The van der Waals surface area contributed by atoms with Crippen LogP contribution in [0.25, 0.3) is 22.1 Å². The molecule has 0 aliphatic heterocycles. The molecule has 0 saturated carbocycles. The molecule has 3 rings (SSSR count). The summed E-state index contributed by atoms with van der Waals surface area (Å²) in [5, 5.41) is 1.56. The van der Waals surface area contributed by atoms with Gasteiger partial charge in [0.2, 0.25) is 0 Å². The molecule has 2 nitrogen and oxygen atoms in total. The Hall–Kier alpha value is -1.58. The highest BCUT2D eigenvalue weighted by molar-refractivity contribution is 9.10. The molecule has 20 heavy (non-hydrogen) atoms. The van der Waals surface area contributed by atoms with Crippen LogP contribution in [-0.4, -0.2) is 0 Å². The van der Waals surface area contributed by atoms with E-state index in [-0.39, 0.29) is 5.63 Å². The zero-order valence-electron chi connectivity index (χ0n) is 10.6. The average molecular weight is 350 g/mol. The molecular weight excluding hydrogens is 340 g/mol. The number of fused-ring (bicyclic) bond motifs is 1. The Kier molecular flexibility index (Phi) is 3.40. The summed E-state index contributed by atoms with van der Waals surface area (Å²) in [4.78, 5) is 12.2. The fraction of sp³-hybridized carbons (Fsp3) is 0.0625. The summed E-state index contributed by atoms with van der Waals surface area (Å²) in [6.07, 6.45) is 0. The van der Waals surface area contributed by atoms with Gasteiger partial charge in [0.15, 0.2) is 0 Å². The average Bonchev–Trinajstić information content (AvgIpc) is 2.42. The molecular formula is C16H10BrClO2. The van der Waals surface area contributed by atoms with Crippen molar-refractivity contribution in [2.24, 2.45) is 0 Å². The molecule has 0 N–H and O–H groups in total. The summed E-state index contributed by atoms with van der Waals surface area (Å²) >= 11 is 9.32. The van der Waals surface area contributed by atoms with Gasteiger partial charge >= 0.3 is 5.63 Å². The van der Waals surface area contributed by atoms with Gasteiger partial charge in [-0.25, -0.2) is 4.79 Å². The maximum Gasteiger partial charge on any atom is 0.344 e. The summed E-state index contributed by atoms with van der Waals surface area (Å²) in [5.74, 6) is 0. The van der Waals surface area contributed by atoms with Gasteiger partial charge < -0.3 is 4.42 Å². The molecule has 1 aromatic heterocycles. The summed E-state index contributed by atoms with van der Waals surface area (Å²) in [7, 11) is 0. The summed E-state index contributed by atoms with van der Waals surface area (Å²) in [6.45, 7) is 1.93. The first kappa shape index (κ1) is 13.4. The van der Waals surface area contributed by atoms with Crippen molar-refractivity contribution in [3.05, 3.63) is 67.9 Å². The smallest absolute Gasteiger partial charge is 0.344 e. The van der Waals surface area contributed by atoms with E-state index in [4.69, 9.17) is 16.0 Å². The molecule has 3 aromatic rings. The monoisotopic (exact) mass is 348 g/mol. The maximum absolute atomic E-state index is 12.2. The van der Waals surface area contributed by atoms with Crippen molar-refractivity contribution in [2.75, 3.05) is 0 Å². The third kappa shape index (κ3) is 2.28. The van der Waals surface area contributed by atoms with Crippen molar-refractivity contribution in [2.45, 2.75) is 6.92 Å². The van der Waals surface area contributed by atoms with E-state index in [2.05, 4.69) is 15.9 Å². The molecule has 0 saturated heterocycles. The highest BCUT2D eigenvalue weighted by Crippen LogP contribution is 2.29. The van der Waals surface area contributed by atoms with Crippen LogP contribution in [-0.2, 0) is 0 Å². The predicted octanol–water partition coefficient (Wildman–Crippen LogP) is 5.18. The minimum atomic E-state index is -0.334. The Morgan fingerprint density at radius 2 is 1.80 bits per heavy atom. The third-order valence-electron chi connectivity index (χ3n) is 3.26. The zero-order chi connectivity index (χ0) is 14.3. The van der Waals surface area contributed by atoms with Gasteiger partial charge in [-0.1, -0.05) is 39.7 Å². The van der Waals surface area contributed by atoms with Crippen molar-refractivity contribution in [3.63, 3.8) is 0 Å². The van der Waals surface area contributed by atoms with Crippen LogP contribution in [0.3, 0.4) is 0 Å². The van der Waals surface area contributed by atoms with E-state index in [0.717, 1.165) is 21.0 Å². The van der Waals surface area contributed by atoms with Crippen LogP contribution in [0.1, 0.15) is 5.56 Å². The van der Waals surface area contributed by atoms with Gasteiger partial charge in [-0.15, -0.1) is 0 Å². The van der Waals surface area contributed by atoms with Crippen LogP contribution < -0.4 is 5.63 Å². The lowest BCUT2D eigenvalue weighted by Gasteiger charge is -2.08. The Bertz CT molecular complexity index is 851. The molecule has 0 spiro atoms. The van der Waals surface area contributed by atoms with E-state index < -0.39 is 0 Å². The lowest BCUT2D eigenvalue weighted by molar-refractivity contribution is 0.562. The van der Waals surface area contributed by atoms with Crippen LogP contribution in [0.15, 0.2) is 56.1 Å². The van der Waals surface area contributed by atoms with Crippen LogP contribution >= 0.6 is 27.5 Å². The third-order valence-corrected chi connectivity index (χ3v) is 4.01. The Labute approximate surface area is 129 Å². The molecule has 2 aromatic carbocycles. The van der Waals surface area contributed by atoms with Crippen molar-refractivity contribution >= 4 is 38.5 Å². The van der Waals surface area contributed by atoms with E-state index >= 15 is 0 Å². The Morgan fingerprint density at radius 3 is 2.50 bits per heavy atom. The van der Waals surface area contributed by atoms with Gasteiger partial charge in [-0.2, -0.15) is 0 Å². The Morgan fingerprint density at radius 1 is 1.10 bits per heavy atom. The van der Waals surface area contributed by atoms with Gasteiger partial charge in [0.1, 0.15) is 5.58 Å². The molecule has 0 aliphatic carbocycles. The van der Waals surface area contributed by atoms with Gasteiger partial charge in [0, 0.05) is 14.9 Å². The highest BCUT2D eigenvalue weighted by Gasteiger charge is 2.13. The summed E-state index contributed by atoms with van der Waals surface area (Å²) in [5.41, 5.74) is 2.54. The quantitative estimate of drug-likeness (QED) is 0.566. The molecule has 0 bridgehead atoms. The number of hydrogen-bond donors (Lipinski definition) is 0. The van der Waals surface area contributed by atoms with Crippen LogP contribution in [0.5, 0.6) is 0 Å². The minimum absolute atomic E-state index is 0.334. The van der Waals surface area contributed by atoms with Gasteiger partial charge in [0.25, 0.3) is 0 Å². The second-order valence-electron chi connectivity index (χ2n) is 4.54.